The molecular formula is C16H21FN4O. The number of carbonyl (C=O) groups excluding carboxylic acids is 1. The minimum atomic E-state index is -0.899. The summed E-state index contributed by atoms with van der Waals surface area (Å²) in [6.07, 6.45) is 6.22. The standard InChI is InChI=1S/C16H21FN4O/c1-3-6-16(2,18)15(22)20-10-12-4-5-14(13(17)9-12)21-8-7-19-11-21/h4-5,7-9,11H,3,6,10,18H2,1-2H3,(H,20,22). The maximum absolute atomic E-state index is 14.1. The van der Waals surface area contributed by atoms with Crippen LogP contribution in [0.4, 0.5) is 4.39 Å². The number of hydrogen-bond donors (Lipinski definition) is 2. The minimum Gasteiger partial charge on any atom is -0.350 e. The van der Waals surface area contributed by atoms with Crippen molar-refractivity contribution in [3.63, 3.8) is 0 Å². The van der Waals surface area contributed by atoms with Crippen molar-refractivity contribution in [2.24, 2.45) is 5.73 Å². The number of hydrogen-bond acceptors (Lipinski definition) is 3. The molecule has 22 heavy (non-hydrogen) atoms. The van der Waals surface area contributed by atoms with E-state index in [2.05, 4.69) is 10.3 Å². The summed E-state index contributed by atoms with van der Waals surface area (Å²) in [5.74, 6) is -0.595. The summed E-state index contributed by atoms with van der Waals surface area (Å²) in [6.45, 7) is 3.92. The number of rotatable bonds is 6. The predicted molar refractivity (Wildman–Crippen MR) is 82.9 cm³/mol. The summed E-state index contributed by atoms with van der Waals surface area (Å²) in [4.78, 5) is 15.9. The first-order valence-electron chi connectivity index (χ1n) is 7.28. The molecule has 0 fully saturated rings. The van der Waals surface area contributed by atoms with E-state index in [-0.39, 0.29) is 18.3 Å². The van der Waals surface area contributed by atoms with Gasteiger partial charge in [-0.2, -0.15) is 0 Å². The number of halogens is 1. The van der Waals surface area contributed by atoms with E-state index >= 15 is 0 Å². The fraction of sp³-hybridized carbons (Fsp3) is 0.375. The molecule has 0 aliphatic heterocycles. The van der Waals surface area contributed by atoms with E-state index in [4.69, 9.17) is 5.73 Å². The van der Waals surface area contributed by atoms with Gasteiger partial charge < -0.3 is 15.6 Å². The monoisotopic (exact) mass is 304 g/mol. The van der Waals surface area contributed by atoms with Gasteiger partial charge in [-0.15, -0.1) is 0 Å². The van der Waals surface area contributed by atoms with Crippen LogP contribution < -0.4 is 11.1 Å². The molecule has 5 nitrogen and oxygen atoms in total. The third-order valence-electron chi connectivity index (χ3n) is 3.54. The van der Waals surface area contributed by atoms with E-state index in [1.54, 1.807) is 36.0 Å². The van der Waals surface area contributed by atoms with Crippen LogP contribution in [0.1, 0.15) is 32.3 Å². The highest BCUT2D eigenvalue weighted by Gasteiger charge is 2.26. The Bertz CT molecular complexity index is 638. The molecule has 3 N–H and O–H groups in total. The maximum atomic E-state index is 14.1. The Balaban J connectivity index is 2.03. The lowest BCUT2D eigenvalue weighted by atomic mass is 9.96. The summed E-state index contributed by atoms with van der Waals surface area (Å²) in [6, 6.07) is 4.84. The number of amides is 1. The Morgan fingerprint density at radius 3 is 2.86 bits per heavy atom. The first kappa shape index (κ1) is 16.2. The van der Waals surface area contributed by atoms with Gasteiger partial charge in [0.15, 0.2) is 0 Å². The largest absolute Gasteiger partial charge is 0.350 e. The van der Waals surface area contributed by atoms with E-state index in [1.165, 1.54) is 12.4 Å². The summed E-state index contributed by atoms with van der Waals surface area (Å²) in [5, 5.41) is 2.76. The van der Waals surface area contributed by atoms with Crippen molar-refractivity contribution in [1.82, 2.24) is 14.9 Å². The molecule has 1 aromatic carbocycles. The summed E-state index contributed by atoms with van der Waals surface area (Å²) in [5.41, 5.74) is 6.16. The number of carbonyl (C=O) groups is 1. The molecule has 0 bridgehead atoms. The van der Waals surface area contributed by atoms with Gasteiger partial charge in [0.05, 0.1) is 17.6 Å². The van der Waals surface area contributed by atoms with Crippen LogP contribution >= 0.6 is 0 Å². The zero-order chi connectivity index (χ0) is 16.2. The van der Waals surface area contributed by atoms with Crippen molar-refractivity contribution in [3.8, 4) is 5.69 Å². The Morgan fingerprint density at radius 2 is 2.27 bits per heavy atom. The molecule has 2 aromatic rings. The molecule has 0 aliphatic rings. The molecule has 2 rings (SSSR count). The van der Waals surface area contributed by atoms with E-state index in [1.807, 2.05) is 6.92 Å². The van der Waals surface area contributed by atoms with Crippen LogP contribution in [-0.4, -0.2) is 21.0 Å². The van der Waals surface area contributed by atoms with Gasteiger partial charge in [0.1, 0.15) is 5.82 Å². The molecule has 118 valence electrons. The van der Waals surface area contributed by atoms with Crippen molar-refractivity contribution < 1.29 is 9.18 Å². The zero-order valence-electron chi connectivity index (χ0n) is 12.8. The van der Waals surface area contributed by atoms with Gasteiger partial charge in [-0.1, -0.05) is 19.4 Å². The lowest BCUT2D eigenvalue weighted by Crippen LogP contribution is -2.51. The van der Waals surface area contributed by atoms with Crippen molar-refractivity contribution in [2.75, 3.05) is 0 Å². The van der Waals surface area contributed by atoms with Gasteiger partial charge >= 0.3 is 0 Å². The smallest absolute Gasteiger partial charge is 0.240 e. The zero-order valence-corrected chi connectivity index (χ0v) is 12.8. The minimum absolute atomic E-state index is 0.228. The molecule has 0 aliphatic carbocycles. The number of nitrogens with zero attached hydrogens (tertiary/aromatic N) is 2. The lowest BCUT2D eigenvalue weighted by molar-refractivity contribution is -0.126. The molecule has 0 spiro atoms. The van der Waals surface area contributed by atoms with Crippen molar-refractivity contribution in [3.05, 3.63) is 48.3 Å². The Hall–Kier alpha value is -2.21. The predicted octanol–water partition coefficient (Wildman–Crippen LogP) is 2.15. The fourth-order valence-electron chi connectivity index (χ4n) is 2.29. The van der Waals surface area contributed by atoms with Crippen molar-refractivity contribution >= 4 is 5.91 Å². The highest BCUT2D eigenvalue weighted by molar-refractivity contribution is 5.85. The van der Waals surface area contributed by atoms with Gasteiger partial charge in [-0.3, -0.25) is 4.79 Å². The summed E-state index contributed by atoms with van der Waals surface area (Å²) in [7, 11) is 0. The fourth-order valence-corrected chi connectivity index (χ4v) is 2.29. The first-order valence-corrected chi connectivity index (χ1v) is 7.28. The molecule has 1 aromatic heterocycles. The average Bonchev–Trinajstić information content (AvgIpc) is 2.98. The molecule has 1 atom stereocenters. The summed E-state index contributed by atoms with van der Waals surface area (Å²) < 4.78 is 15.7. The van der Waals surface area contributed by atoms with Crippen LogP contribution in [0, 0.1) is 5.82 Å². The molecule has 0 saturated carbocycles. The highest BCUT2D eigenvalue weighted by atomic mass is 19.1. The molecular weight excluding hydrogens is 283 g/mol. The molecule has 6 heteroatoms. The van der Waals surface area contributed by atoms with Crippen LogP contribution in [0.3, 0.4) is 0 Å². The molecule has 1 unspecified atom stereocenters. The van der Waals surface area contributed by atoms with Crippen molar-refractivity contribution in [2.45, 2.75) is 38.8 Å². The molecule has 0 radical (unpaired) electrons. The van der Waals surface area contributed by atoms with E-state index in [0.29, 0.717) is 17.7 Å². The van der Waals surface area contributed by atoms with Crippen LogP contribution in [-0.2, 0) is 11.3 Å². The first-order chi connectivity index (χ1) is 10.4. The second-order valence-electron chi connectivity index (χ2n) is 5.61. The second-order valence-corrected chi connectivity index (χ2v) is 5.61. The lowest BCUT2D eigenvalue weighted by Gasteiger charge is -2.22. The third-order valence-corrected chi connectivity index (χ3v) is 3.54. The normalized spacial score (nSPS) is 13.6. The quantitative estimate of drug-likeness (QED) is 0.859. The van der Waals surface area contributed by atoms with Gasteiger partial charge in [-0.05, 0) is 31.0 Å². The molecule has 0 saturated heterocycles. The van der Waals surface area contributed by atoms with Crippen molar-refractivity contribution in [1.29, 1.82) is 0 Å². The van der Waals surface area contributed by atoms with Gasteiger partial charge in [0.2, 0.25) is 5.91 Å². The number of nitrogens with two attached hydrogens (primary N) is 1. The van der Waals surface area contributed by atoms with Gasteiger partial charge in [0, 0.05) is 18.9 Å². The van der Waals surface area contributed by atoms with Crippen LogP contribution in [0.5, 0.6) is 0 Å². The van der Waals surface area contributed by atoms with Gasteiger partial charge in [0.25, 0.3) is 0 Å². The number of aromatic nitrogens is 2. The second kappa shape index (κ2) is 6.70. The molecule has 1 heterocycles. The highest BCUT2D eigenvalue weighted by Crippen LogP contribution is 2.15. The maximum Gasteiger partial charge on any atom is 0.240 e. The van der Waals surface area contributed by atoms with E-state index in [0.717, 1.165) is 6.42 Å². The van der Waals surface area contributed by atoms with Crippen LogP contribution in [0.15, 0.2) is 36.9 Å². The SMILES string of the molecule is CCCC(C)(N)C(=O)NCc1ccc(-n2ccnc2)c(F)c1. The topological polar surface area (TPSA) is 72.9 Å². The number of benzene rings is 1. The number of imidazole rings is 1. The average molecular weight is 304 g/mol. The Morgan fingerprint density at radius 1 is 1.50 bits per heavy atom. The van der Waals surface area contributed by atoms with Crippen LogP contribution in [0.2, 0.25) is 0 Å². The Labute approximate surface area is 129 Å². The van der Waals surface area contributed by atoms with E-state index < -0.39 is 5.54 Å². The Kier molecular flexibility index (Phi) is 4.92. The summed E-state index contributed by atoms with van der Waals surface area (Å²) >= 11 is 0. The number of nitrogens with one attached hydrogen (secondary N) is 1. The van der Waals surface area contributed by atoms with E-state index in [9.17, 15) is 9.18 Å². The van der Waals surface area contributed by atoms with Crippen LogP contribution in [0.25, 0.3) is 5.69 Å². The van der Waals surface area contributed by atoms with Gasteiger partial charge in [-0.25, -0.2) is 9.37 Å². The molecule has 1 amide bonds. The third kappa shape index (κ3) is 3.71.